The van der Waals surface area contributed by atoms with Crippen molar-refractivity contribution in [2.75, 3.05) is 26.4 Å². The van der Waals surface area contributed by atoms with Gasteiger partial charge in [-0.05, 0) is 113 Å². The van der Waals surface area contributed by atoms with Crippen molar-refractivity contribution in [1.82, 2.24) is 9.13 Å². The van der Waals surface area contributed by atoms with E-state index in [0.29, 0.717) is 84.4 Å². The monoisotopic (exact) mass is 1070 g/mol. The molecule has 0 unspecified atom stereocenters. The summed E-state index contributed by atoms with van der Waals surface area (Å²) in [5, 5.41) is 25.3. The SMILES string of the molecule is CC(=O)O/N=C(\CCC1CCCC1)c1ccc2c(c1)c1cc(C(=O)c3cccs3)c3ccccc3c1n2CCOCCOCCn1c2ccc(C(=N)CCC3CCCC3)cc2c2cc(C(=O)c3cccs3)c3ccccc3c21. The van der Waals surface area contributed by atoms with Crippen LogP contribution in [0.15, 0.2) is 137 Å². The number of carbonyl (C=O) groups excluding carboxylic acids is 3. The second-order valence-electron chi connectivity index (χ2n) is 21.3. The van der Waals surface area contributed by atoms with Gasteiger partial charge in [0.25, 0.3) is 0 Å². The number of carbonyl (C=O) groups is 3. The molecule has 0 atom stereocenters. The highest BCUT2D eigenvalue weighted by atomic mass is 32.1. The first-order valence-electron chi connectivity index (χ1n) is 27.9. The average Bonchev–Trinajstić information content (AvgIpc) is 4.36. The van der Waals surface area contributed by atoms with E-state index in [1.807, 2.05) is 65.4 Å². The van der Waals surface area contributed by atoms with E-state index in [9.17, 15) is 19.8 Å². The smallest absolute Gasteiger partial charge is 0.331 e. The van der Waals surface area contributed by atoms with Crippen molar-refractivity contribution in [2.45, 2.75) is 97.1 Å². The van der Waals surface area contributed by atoms with E-state index in [2.05, 4.69) is 81.0 Å². The maximum absolute atomic E-state index is 14.2. The third-order valence-corrected chi connectivity index (χ3v) is 18.2. The number of ketones is 2. The van der Waals surface area contributed by atoms with Crippen LogP contribution in [-0.4, -0.2) is 64.5 Å². The number of benzene rings is 6. The Morgan fingerprint density at radius 1 is 0.538 bits per heavy atom. The van der Waals surface area contributed by atoms with Gasteiger partial charge < -0.3 is 28.9 Å². The number of rotatable bonds is 22. The van der Waals surface area contributed by atoms with Crippen LogP contribution in [0, 0.1) is 17.2 Å². The number of nitrogens with zero attached hydrogens (tertiary/aromatic N) is 3. The summed E-state index contributed by atoms with van der Waals surface area (Å²) in [6.07, 6.45) is 13.6. The number of thiophene rings is 2. The minimum absolute atomic E-state index is 0.00498. The number of nitrogens with one attached hydrogen (secondary N) is 1. The maximum Gasteiger partial charge on any atom is 0.331 e. The summed E-state index contributed by atoms with van der Waals surface area (Å²) in [6, 6.07) is 40.9. The lowest BCUT2D eigenvalue weighted by Gasteiger charge is -2.13. The minimum Gasteiger partial charge on any atom is -0.377 e. The van der Waals surface area contributed by atoms with Crippen molar-refractivity contribution in [3.63, 3.8) is 0 Å². The van der Waals surface area contributed by atoms with Crippen molar-refractivity contribution in [2.24, 2.45) is 17.0 Å². The van der Waals surface area contributed by atoms with Crippen LogP contribution in [0.25, 0.3) is 65.2 Å². The van der Waals surface area contributed by atoms with E-state index in [4.69, 9.17) is 14.3 Å². The van der Waals surface area contributed by atoms with Gasteiger partial charge in [-0.15, -0.1) is 22.7 Å². The number of fused-ring (bicyclic) bond motifs is 10. The lowest BCUT2D eigenvalue weighted by molar-refractivity contribution is -0.140. The second-order valence-corrected chi connectivity index (χ2v) is 23.2. The molecule has 4 aromatic heterocycles. The molecule has 2 fully saturated rings. The van der Waals surface area contributed by atoms with Crippen molar-refractivity contribution < 1.29 is 28.7 Å². The van der Waals surface area contributed by atoms with Crippen LogP contribution < -0.4 is 0 Å². The van der Waals surface area contributed by atoms with Crippen LogP contribution in [0.3, 0.4) is 0 Å². The largest absolute Gasteiger partial charge is 0.377 e. The fraction of sp³-hybridized carbons (Fsp3) is 0.318. The molecule has 2 aliphatic rings. The van der Waals surface area contributed by atoms with E-state index in [-0.39, 0.29) is 11.6 Å². The van der Waals surface area contributed by atoms with Gasteiger partial charge in [-0.2, -0.15) is 0 Å². The minimum atomic E-state index is -0.452. The zero-order valence-corrected chi connectivity index (χ0v) is 45.8. The molecule has 4 heterocycles. The predicted molar refractivity (Wildman–Crippen MR) is 319 cm³/mol. The zero-order chi connectivity index (χ0) is 53.1. The molecule has 10 aromatic rings. The second kappa shape index (κ2) is 23.1. The fourth-order valence-corrected chi connectivity index (χ4v) is 14.0. The Morgan fingerprint density at radius 2 is 1.01 bits per heavy atom. The highest BCUT2D eigenvalue weighted by Gasteiger charge is 2.25. The number of oxime groups is 1. The number of hydrogen-bond acceptors (Lipinski definition) is 10. The third-order valence-electron chi connectivity index (χ3n) is 16.5. The van der Waals surface area contributed by atoms with Gasteiger partial charge in [0.1, 0.15) is 0 Å². The quantitative estimate of drug-likeness (QED) is 0.0237. The first-order chi connectivity index (χ1) is 38.3. The molecule has 0 amide bonds. The van der Waals surface area contributed by atoms with Crippen LogP contribution in [0.2, 0.25) is 0 Å². The van der Waals surface area contributed by atoms with Crippen LogP contribution in [0.4, 0.5) is 0 Å². The third kappa shape index (κ3) is 10.4. The van der Waals surface area contributed by atoms with Crippen molar-refractivity contribution in [3.05, 3.63) is 164 Å². The predicted octanol–water partition coefficient (Wildman–Crippen LogP) is 16.1. The molecule has 0 aliphatic heterocycles. The van der Waals surface area contributed by atoms with Crippen LogP contribution in [0.5, 0.6) is 0 Å². The lowest BCUT2D eigenvalue weighted by Crippen LogP contribution is -2.13. The molecule has 12 rings (SSSR count). The molecule has 0 spiro atoms. The summed E-state index contributed by atoms with van der Waals surface area (Å²) in [6.45, 7) is 4.20. The van der Waals surface area contributed by atoms with Gasteiger partial charge in [0.15, 0.2) is 0 Å². The molecule has 2 saturated carbocycles. The molecule has 78 heavy (non-hydrogen) atoms. The van der Waals surface area contributed by atoms with Crippen LogP contribution in [-0.2, 0) is 32.2 Å². The number of aromatic nitrogens is 2. The lowest BCUT2D eigenvalue weighted by atomic mass is 9.95. The highest BCUT2D eigenvalue weighted by molar-refractivity contribution is 7.12. The first kappa shape index (κ1) is 51.7. The summed E-state index contributed by atoms with van der Waals surface area (Å²) in [5.74, 6) is 0.913. The Kier molecular flexibility index (Phi) is 15.3. The molecule has 0 bridgehead atoms. The highest BCUT2D eigenvalue weighted by Crippen LogP contribution is 2.41. The number of ether oxygens (including phenoxy) is 2. The Labute approximate surface area is 462 Å². The van der Waals surface area contributed by atoms with Crippen molar-refractivity contribution in [3.8, 4) is 0 Å². The molecule has 0 saturated heterocycles. The van der Waals surface area contributed by atoms with E-state index < -0.39 is 5.97 Å². The summed E-state index contributed by atoms with van der Waals surface area (Å²) >= 11 is 2.91. The molecular weight excluding hydrogens is 1010 g/mol. The zero-order valence-electron chi connectivity index (χ0n) is 44.2. The van der Waals surface area contributed by atoms with Crippen LogP contribution in [0.1, 0.15) is 126 Å². The summed E-state index contributed by atoms with van der Waals surface area (Å²) in [7, 11) is 0. The van der Waals surface area contributed by atoms with Gasteiger partial charge in [0, 0.05) is 85.8 Å². The Hall–Kier alpha value is -7.09. The van der Waals surface area contributed by atoms with Gasteiger partial charge in [0.05, 0.1) is 52.9 Å². The van der Waals surface area contributed by atoms with E-state index in [1.54, 1.807) is 0 Å². The summed E-state index contributed by atoms with van der Waals surface area (Å²) in [5.41, 5.74) is 8.74. The summed E-state index contributed by atoms with van der Waals surface area (Å²) in [4.78, 5) is 47.2. The van der Waals surface area contributed by atoms with Gasteiger partial charge in [-0.3, -0.25) is 9.59 Å². The van der Waals surface area contributed by atoms with Crippen molar-refractivity contribution >= 4 is 117 Å². The number of hydrogen-bond donors (Lipinski definition) is 1. The molecule has 0 radical (unpaired) electrons. The van der Waals surface area contributed by atoms with E-state index >= 15 is 0 Å². The van der Waals surface area contributed by atoms with Crippen LogP contribution >= 0.6 is 22.7 Å². The van der Waals surface area contributed by atoms with Gasteiger partial charge in [0.2, 0.25) is 11.6 Å². The average molecular weight is 1070 g/mol. The standard InChI is InChI=1S/C66H64N4O6S2/c1-42(71)76-68-58(27-23-44-14-4-5-15-44)46-25-29-60-52(39-46)54-41-56(66(73)62-21-11-37-78-62)48-17-7-9-19-50(48)64(54)70(60)31-33-75-35-34-74-32-30-69-59-28-24-45(57(67)26-22-43-12-2-3-13-43)38-51(59)53-40-55(65(72)61-20-10-36-77-61)47-16-6-8-18-49(47)63(53)69/h6-11,16-21,24-25,28-29,36-41,43-44,67H,2-5,12-15,22-23,26-27,30-35H2,1H3/b67-57?,68-58+. The Balaban J connectivity index is 0.799. The molecule has 2 aliphatic carbocycles. The Bertz CT molecular complexity index is 3910. The Morgan fingerprint density at radius 3 is 1.50 bits per heavy atom. The van der Waals surface area contributed by atoms with Gasteiger partial charge in [-0.1, -0.05) is 129 Å². The molecule has 396 valence electrons. The fourth-order valence-electron chi connectivity index (χ4n) is 12.6. The normalized spacial score (nSPS) is 14.6. The molecule has 6 aromatic carbocycles. The molecule has 10 nitrogen and oxygen atoms in total. The first-order valence-corrected chi connectivity index (χ1v) is 29.6. The van der Waals surface area contributed by atoms with E-state index in [0.717, 1.165) is 101 Å². The topological polar surface area (TPSA) is 125 Å². The molecular formula is C66H64N4O6S2. The molecule has 1 N–H and O–H groups in total. The van der Waals surface area contributed by atoms with Gasteiger partial charge >= 0.3 is 5.97 Å². The van der Waals surface area contributed by atoms with E-state index in [1.165, 1.54) is 81.0 Å². The van der Waals surface area contributed by atoms with Gasteiger partial charge in [-0.25, -0.2) is 4.79 Å². The molecule has 12 heteroatoms. The maximum atomic E-state index is 14.2. The summed E-state index contributed by atoms with van der Waals surface area (Å²) < 4.78 is 17.4. The van der Waals surface area contributed by atoms with Crippen molar-refractivity contribution in [1.29, 1.82) is 5.41 Å².